The summed E-state index contributed by atoms with van der Waals surface area (Å²) in [6.07, 6.45) is 10.6. The molecule has 2 aliphatic carbocycles. The van der Waals surface area contributed by atoms with Crippen molar-refractivity contribution >= 4 is 29.3 Å². The Hall–Kier alpha value is -0.150. The quantitative estimate of drug-likeness (QED) is 0.659. The number of rotatable bonds is 1. The van der Waals surface area contributed by atoms with Crippen molar-refractivity contribution in [2.24, 2.45) is 5.41 Å². The molecule has 1 aliphatic heterocycles. The van der Waals surface area contributed by atoms with Crippen LogP contribution in [0.3, 0.4) is 0 Å². The molecule has 3 rings (SSSR count). The first kappa shape index (κ1) is 13.8. The van der Waals surface area contributed by atoms with E-state index in [0.29, 0.717) is 4.08 Å². The lowest BCUT2D eigenvalue weighted by molar-refractivity contribution is -0.114. The fourth-order valence-corrected chi connectivity index (χ4v) is 6.91. The Morgan fingerprint density at radius 2 is 2.00 bits per heavy atom. The molecule has 19 heavy (non-hydrogen) atoms. The van der Waals surface area contributed by atoms with Gasteiger partial charge in [-0.1, -0.05) is 24.6 Å². The van der Waals surface area contributed by atoms with Gasteiger partial charge in [0.15, 0.2) is 5.78 Å². The molecule has 1 fully saturated rings. The smallest absolute Gasteiger partial charge is 0.156 e. The van der Waals surface area contributed by atoms with Crippen LogP contribution in [-0.4, -0.2) is 21.4 Å². The zero-order valence-electron chi connectivity index (χ0n) is 11.8. The van der Waals surface area contributed by atoms with E-state index in [2.05, 4.69) is 42.6 Å². The van der Waals surface area contributed by atoms with Gasteiger partial charge in [0.1, 0.15) is 0 Å². The number of thioether (sulfide) groups is 2. The van der Waals surface area contributed by atoms with Gasteiger partial charge in [0, 0.05) is 11.0 Å². The van der Waals surface area contributed by atoms with Crippen LogP contribution in [0.1, 0.15) is 46.0 Å². The molecule has 1 spiro atoms. The maximum Gasteiger partial charge on any atom is 0.156 e. The van der Waals surface area contributed by atoms with Gasteiger partial charge in [-0.05, 0) is 50.5 Å². The molecule has 0 amide bonds. The minimum atomic E-state index is 0.0356. The van der Waals surface area contributed by atoms with Crippen molar-refractivity contribution in [1.29, 1.82) is 0 Å². The molecule has 1 atom stereocenters. The molecule has 0 N–H and O–H groups in total. The average molecular weight is 294 g/mol. The Balaban J connectivity index is 1.96. The summed E-state index contributed by atoms with van der Waals surface area (Å²) in [5, 5.41) is 0. The van der Waals surface area contributed by atoms with Crippen LogP contribution >= 0.6 is 23.5 Å². The third-order valence-corrected chi connectivity index (χ3v) is 8.11. The number of ketones is 1. The number of fused-ring (bicyclic) bond motifs is 1. The number of hydrogen-bond acceptors (Lipinski definition) is 3. The molecule has 1 heterocycles. The summed E-state index contributed by atoms with van der Waals surface area (Å²) in [5.41, 5.74) is 2.65. The molecule has 0 aromatic heterocycles. The highest BCUT2D eigenvalue weighted by Crippen LogP contribution is 2.57. The summed E-state index contributed by atoms with van der Waals surface area (Å²) in [4.78, 5) is 11.9. The predicted molar refractivity (Wildman–Crippen MR) is 85.7 cm³/mol. The first-order valence-electron chi connectivity index (χ1n) is 7.27. The maximum absolute atomic E-state index is 11.9. The van der Waals surface area contributed by atoms with Crippen LogP contribution in [0.25, 0.3) is 0 Å². The van der Waals surface area contributed by atoms with Crippen molar-refractivity contribution in [2.75, 3.05) is 11.5 Å². The molecular formula is C16H22OS2. The lowest BCUT2D eigenvalue weighted by Crippen LogP contribution is -2.37. The standard InChI is InChI=1S/C16H22OS2/c1-12(17)14-6-3-5-13-11-16(8-7-15(13,14)2)18-9-4-10-19-16/h6,11H,3-5,7-10H2,1-2H3/t15-/m0/s1. The predicted octanol–water partition coefficient (Wildman–Crippen LogP) is 4.59. The third kappa shape index (κ3) is 2.33. The number of hydrogen-bond donors (Lipinski definition) is 0. The van der Waals surface area contributed by atoms with Crippen molar-refractivity contribution in [3.05, 3.63) is 23.3 Å². The molecule has 0 unspecified atom stereocenters. The highest BCUT2D eigenvalue weighted by atomic mass is 32.2. The van der Waals surface area contributed by atoms with Gasteiger partial charge in [-0.15, -0.1) is 23.5 Å². The van der Waals surface area contributed by atoms with Gasteiger partial charge in [0.2, 0.25) is 0 Å². The first-order valence-corrected chi connectivity index (χ1v) is 9.25. The molecule has 1 saturated heterocycles. The van der Waals surface area contributed by atoms with E-state index >= 15 is 0 Å². The second-order valence-electron chi connectivity index (χ2n) is 6.08. The van der Waals surface area contributed by atoms with Gasteiger partial charge >= 0.3 is 0 Å². The van der Waals surface area contributed by atoms with Crippen molar-refractivity contribution in [3.63, 3.8) is 0 Å². The lowest BCUT2D eigenvalue weighted by Gasteiger charge is -2.47. The number of allylic oxidation sites excluding steroid dienone is 3. The van der Waals surface area contributed by atoms with Gasteiger partial charge < -0.3 is 0 Å². The van der Waals surface area contributed by atoms with E-state index in [9.17, 15) is 4.79 Å². The van der Waals surface area contributed by atoms with E-state index < -0.39 is 0 Å². The van der Waals surface area contributed by atoms with Crippen molar-refractivity contribution < 1.29 is 4.79 Å². The number of carbonyl (C=O) groups excluding carboxylic acids is 1. The van der Waals surface area contributed by atoms with Crippen LogP contribution in [0.15, 0.2) is 23.3 Å². The second-order valence-corrected chi connectivity index (χ2v) is 9.19. The summed E-state index contributed by atoms with van der Waals surface area (Å²) in [7, 11) is 0. The highest BCUT2D eigenvalue weighted by molar-refractivity contribution is 8.19. The van der Waals surface area contributed by atoms with Crippen molar-refractivity contribution in [2.45, 2.75) is 50.0 Å². The number of Topliss-reactive ketones (excluding diaryl/α,β-unsaturated/α-hetero) is 1. The second kappa shape index (κ2) is 5.00. The topological polar surface area (TPSA) is 17.1 Å². The van der Waals surface area contributed by atoms with Crippen LogP contribution in [0.2, 0.25) is 0 Å². The monoisotopic (exact) mass is 294 g/mol. The molecular weight excluding hydrogens is 272 g/mol. The normalized spacial score (nSPS) is 33.4. The zero-order chi connectivity index (χ0) is 13.5. The van der Waals surface area contributed by atoms with Crippen molar-refractivity contribution in [1.82, 2.24) is 0 Å². The lowest BCUT2D eigenvalue weighted by atomic mass is 9.64. The van der Waals surface area contributed by atoms with Crippen LogP contribution in [0, 0.1) is 5.41 Å². The minimum Gasteiger partial charge on any atom is -0.295 e. The van der Waals surface area contributed by atoms with Gasteiger partial charge in [-0.2, -0.15) is 0 Å². The Morgan fingerprint density at radius 1 is 1.26 bits per heavy atom. The summed E-state index contributed by atoms with van der Waals surface area (Å²) < 4.78 is 0.326. The van der Waals surface area contributed by atoms with Gasteiger partial charge in [-0.25, -0.2) is 0 Å². The van der Waals surface area contributed by atoms with Gasteiger partial charge in [0.25, 0.3) is 0 Å². The van der Waals surface area contributed by atoms with Crippen LogP contribution < -0.4 is 0 Å². The van der Waals surface area contributed by atoms with E-state index in [1.165, 1.54) is 29.9 Å². The SMILES string of the molecule is CC(=O)C1=CCCC2=CC3(CC[C@@]21C)SCCCS3. The van der Waals surface area contributed by atoms with Crippen molar-refractivity contribution in [3.8, 4) is 0 Å². The van der Waals surface area contributed by atoms with Crippen LogP contribution in [-0.2, 0) is 4.79 Å². The highest BCUT2D eigenvalue weighted by Gasteiger charge is 2.45. The molecule has 3 aliphatic rings. The first-order chi connectivity index (χ1) is 9.06. The van der Waals surface area contributed by atoms with Crippen LogP contribution in [0.5, 0.6) is 0 Å². The van der Waals surface area contributed by atoms with E-state index in [0.717, 1.165) is 24.8 Å². The molecule has 0 radical (unpaired) electrons. The van der Waals surface area contributed by atoms with Gasteiger partial charge in [0.05, 0.1) is 4.08 Å². The van der Waals surface area contributed by atoms with Gasteiger partial charge in [-0.3, -0.25) is 4.79 Å². The molecule has 1 nitrogen and oxygen atoms in total. The van der Waals surface area contributed by atoms with E-state index in [1.807, 2.05) is 0 Å². The minimum absolute atomic E-state index is 0.0356. The summed E-state index contributed by atoms with van der Waals surface area (Å²) in [5.74, 6) is 2.86. The van der Waals surface area contributed by atoms with E-state index in [-0.39, 0.29) is 11.2 Å². The molecule has 0 saturated carbocycles. The van der Waals surface area contributed by atoms with Crippen LogP contribution in [0.4, 0.5) is 0 Å². The molecule has 0 aromatic rings. The summed E-state index contributed by atoms with van der Waals surface area (Å²) in [6, 6.07) is 0. The number of carbonyl (C=O) groups is 1. The maximum atomic E-state index is 11.9. The molecule has 3 heteroatoms. The average Bonchev–Trinajstić information content (AvgIpc) is 2.40. The summed E-state index contributed by atoms with van der Waals surface area (Å²) >= 11 is 4.27. The zero-order valence-corrected chi connectivity index (χ0v) is 13.5. The molecule has 0 bridgehead atoms. The Kier molecular flexibility index (Phi) is 3.63. The summed E-state index contributed by atoms with van der Waals surface area (Å²) in [6.45, 7) is 4.02. The third-order valence-electron chi connectivity index (χ3n) is 4.79. The largest absolute Gasteiger partial charge is 0.295 e. The Labute approximate surface area is 124 Å². The van der Waals surface area contributed by atoms with E-state index in [4.69, 9.17) is 0 Å². The fourth-order valence-electron chi connectivity index (χ4n) is 3.69. The fraction of sp³-hybridized carbons (Fsp3) is 0.688. The Morgan fingerprint density at radius 3 is 2.68 bits per heavy atom. The Bertz CT molecular complexity index is 457. The molecule has 104 valence electrons. The van der Waals surface area contributed by atoms with E-state index in [1.54, 1.807) is 6.92 Å². The molecule has 0 aromatic carbocycles.